The van der Waals surface area contributed by atoms with Crippen molar-refractivity contribution in [2.45, 2.75) is 49.1 Å². The van der Waals surface area contributed by atoms with E-state index in [0.29, 0.717) is 11.4 Å². The Labute approximate surface area is 192 Å². The molecule has 0 aromatic heterocycles. The van der Waals surface area contributed by atoms with Gasteiger partial charge in [-0.2, -0.15) is 0 Å². The standard InChI is InChI=1S/C25H30BrNO4/c1-29-25(28)27-24-22-9-3-2-6-18(22)11-12-21-17(7-4-10-23(21)24)8-5-13-31-20-14-19(26)15-30-16-20/h2-4,6-7,9-10,19-20,24H,5,8,11-16H2,1H3,(H,27,28). The van der Waals surface area contributed by atoms with Gasteiger partial charge in [0.25, 0.3) is 0 Å². The zero-order valence-corrected chi connectivity index (χ0v) is 19.5. The van der Waals surface area contributed by atoms with Gasteiger partial charge in [0.15, 0.2) is 0 Å². The molecule has 1 fully saturated rings. The minimum absolute atomic E-state index is 0.175. The number of nitrogens with one attached hydrogen (secondary N) is 1. The predicted molar refractivity (Wildman–Crippen MR) is 124 cm³/mol. The predicted octanol–water partition coefficient (Wildman–Crippen LogP) is 4.73. The number of carbonyl (C=O) groups excluding carboxylic acids is 1. The van der Waals surface area contributed by atoms with E-state index in [0.717, 1.165) is 56.4 Å². The van der Waals surface area contributed by atoms with E-state index in [2.05, 4.69) is 57.6 Å². The quantitative estimate of drug-likeness (QED) is 0.472. The molecule has 2 aromatic carbocycles. The van der Waals surface area contributed by atoms with Gasteiger partial charge in [0, 0.05) is 11.4 Å². The molecule has 6 heteroatoms. The fourth-order valence-electron chi connectivity index (χ4n) is 4.64. The number of ether oxygens (including phenoxy) is 3. The van der Waals surface area contributed by atoms with E-state index in [4.69, 9.17) is 14.2 Å². The van der Waals surface area contributed by atoms with Crippen LogP contribution < -0.4 is 5.32 Å². The second-order valence-electron chi connectivity index (χ2n) is 8.22. The fourth-order valence-corrected chi connectivity index (χ4v) is 5.25. The van der Waals surface area contributed by atoms with E-state index < -0.39 is 6.09 Å². The molecule has 31 heavy (non-hydrogen) atoms. The first-order valence-corrected chi connectivity index (χ1v) is 11.9. The molecule has 0 saturated carbocycles. The lowest BCUT2D eigenvalue weighted by Crippen LogP contribution is -2.32. The Morgan fingerprint density at radius 1 is 1.13 bits per heavy atom. The normalized spacial score (nSPS) is 22.7. The molecule has 2 aromatic rings. The van der Waals surface area contributed by atoms with Crippen molar-refractivity contribution in [3.63, 3.8) is 0 Å². The van der Waals surface area contributed by atoms with Crippen molar-refractivity contribution in [1.82, 2.24) is 5.32 Å². The number of benzene rings is 2. The highest BCUT2D eigenvalue weighted by atomic mass is 79.9. The first-order valence-electron chi connectivity index (χ1n) is 11.0. The molecule has 4 rings (SSSR count). The molecule has 1 aliphatic heterocycles. The molecule has 1 amide bonds. The summed E-state index contributed by atoms with van der Waals surface area (Å²) in [5.74, 6) is 0. The zero-order chi connectivity index (χ0) is 21.6. The molecule has 3 unspecified atom stereocenters. The number of methoxy groups -OCH3 is 1. The van der Waals surface area contributed by atoms with Gasteiger partial charge in [0.2, 0.25) is 0 Å². The van der Waals surface area contributed by atoms with Crippen molar-refractivity contribution >= 4 is 22.0 Å². The van der Waals surface area contributed by atoms with Gasteiger partial charge in [0.05, 0.1) is 32.5 Å². The van der Waals surface area contributed by atoms with Crippen molar-refractivity contribution in [2.24, 2.45) is 0 Å². The number of rotatable bonds is 6. The summed E-state index contributed by atoms with van der Waals surface area (Å²) in [5.41, 5.74) is 6.26. The molecule has 3 atom stereocenters. The number of aryl methyl sites for hydroxylation is 2. The van der Waals surface area contributed by atoms with Crippen molar-refractivity contribution in [3.8, 4) is 0 Å². The van der Waals surface area contributed by atoms with E-state index in [1.54, 1.807) is 0 Å². The molecule has 0 spiro atoms. The molecule has 1 aliphatic carbocycles. The summed E-state index contributed by atoms with van der Waals surface area (Å²) < 4.78 is 16.5. The third-order valence-corrected chi connectivity index (χ3v) is 6.78. The number of hydrogen-bond donors (Lipinski definition) is 1. The van der Waals surface area contributed by atoms with Crippen molar-refractivity contribution in [2.75, 3.05) is 26.9 Å². The molecular formula is C25H30BrNO4. The van der Waals surface area contributed by atoms with Crippen LogP contribution in [0.5, 0.6) is 0 Å². The SMILES string of the molecule is COC(=O)NC1c2ccccc2CCc2c(CCCOC3COCC(Br)C3)cccc21. The average molecular weight is 488 g/mol. The number of amides is 1. The topological polar surface area (TPSA) is 56.8 Å². The van der Waals surface area contributed by atoms with Crippen molar-refractivity contribution in [3.05, 3.63) is 70.3 Å². The van der Waals surface area contributed by atoms with Gasteiger partial charge in [-0.3, -0.25) is 0 Å². The molecule has 0 bridgehead atoms. The Morgan fingerprint density at radius 2 is 1.97 bits per heavy atom. The van der Waals surface area contributed by atoms with Gasteiger partial charge in [-0.05, 0) is 59.9 Å². The molecule has 166 valence electrons. The number of fused-ring (bicyclic) bond motifs is 2. The van der Waals surface area contributed by atoms with E-state index in [-0.39, 0.29) is 12.1 Å². The smallest absolute Gasteiger partial charge is 0.407 e. The van der Waals surface area contributed by atoms with Gasteiger partial charge >= 0.3 is 6.09 Å². The molecule has 1 saturated heterocycles. The summed E-state index contributed by atoms with van der Waals surface area (Å²) in [6.07, 6.45) is 4.60. The highest BCUT2D eigenvalue weighted by Crippen LogP contribution is 2.34. The highest BCUT2D eigenvalue weighted by molar-refractivity contribution is 9.09. The first-order chi connectivity index (χ1) is 15.2. The largest absolute Gasteiger partial charge is 0.453 e. The average Bonchev–Trinajstić information content (AvgIpc) is 2.94. The lowest BCUT2D eigenvalue weighted by atomic mass is 9.91. The molecule has 1 heterocycles. The van der Waals surface area contributed by atoms with Gasteiger partial charge in [-0.1, -0.05) is 58.4 Å². The highest BCUT2D eigenvalue weighted by Gasteiger charge is 2.26. The Hall–Kier alpha value is -1.89. The summed E-state index contributed by atoms with van der Waals surface area (Å²) in [6.45, 7) is 2.17. The number of alkyl carbamates (subject to hydrolysis) is 1. The maximum absolute atomic E-state index is 12.1. The Kier molecular flexibility index (Phi) is 7.64. The second-order valence-corrected chi connectivity index (χ2v) is 9.51. The Morgan fingerprint density at radius 3 is 2.81 bits per heavy atom. The zero-order valence-electron chi connectivity index (χ0n) is 17.9. The maximum Gasteiger partial charge on any atom is 0.407 e. The van der Waals surface area contributed by atoms with Crippen LogP contribution in [-0.4, -0.2) is 44.0 Å². The number of alkyl halides is 1. The maximum atomic E-state index is 12.1. The van der Waals surface area contributed by atoms with Crippen LogP contribution in [-0.2, 0) is 33.5 Å². The lowest BCUT2D eigenvalue weighted by Gasteiger charge is -2.26. The van der Waals surface area contributed by atoms with E-state index in [9.17, 15) is 4.79 Å². The summed E-state index contributed by atoms with van der Waals surface area (Å²) in [4.78, 5) is 12.5. The molecule has 0 radical (unpaired) electrons. The summed E-state index contributed by atoms with van der Waals surface area (Å²) in [6, 6.07) is 14.6. The first kappa shape index (κ1) is 22.3. The second kappa shape index (κ2) is 10.6. The van der Waals surface area contributed by atoms with Crippen molar-refractivity contribution in [1.29, 1.82) is 0 Å². The molecule has 2 aliphatic rings. The van der Waals surface area contributed by atoms with Crippen LogP contribution in [0.4, 0.5) is 4.79 Å². The van der Waals surface area contributed by atoms with E-state index in [1.165, 1.54) is 23.8 Å². The van der Waals surface area contributed by atoms with Crippen LogP contribution in [0.3, 0.4) is 0 Å². The molecular weight excluding hydrogens is 458 g/mol. The van der Waals surface area contributed by atoms with Crippen LogP contribution in [0.25, 0.3) is 0 Å². The van der Waals surface area contributed by atoms with Gasteiger partial charge < -0.3 is 19.5 Å². The van der Waals surface area contributed by atoms with E-state index in [1.807, 2.05) is 6.07 Å². The van der Waals surface area contributed by atoms with Crippen LogP contribution >= 0.6 is 15.9 Å². The van der Waals surface area contributed by atoms with Gasteiger partial charge in [-0.15, -0.1) is 0 Å². The summed E-state index contributed by atoms with van der Waals surface area (Å²) >= 11 is 3.62. The molecule has 1 N–H and O–H groups in total. The number of halogens is 1. The monoisotopic (exact) mass is 487 g/mol. The number of carbonyl (C=O) groups is 1. The van der Waals surface area contributed by atoms with Gasteiger partial charge in [-0.25, -0.2) is 4.79 Å². The molecule has 5 nitrogen and oxygen atoms in total. The van der Waals surface area contributed by atoms with Gasteiger partial charge in [0.1, 0.15) is 0 Å². The van der Waals surface area contributed by atoms with E-state index >= 15 is 0 Å². The Bertz CT molecular complexity index is 903. The minimum Gasteiger partial charge on any atom is -0.453 e. The minimum atomic E-state index is -0.411. The van der Waals surface area contributed by atoms with Crippen LogP contribution in [0.1, 0.15) is 46.7 Å². The fraction of sp³-hybridized carbons (Fsp3) is 0.480. The number of hydrogen-bond acceptors (Lipinski definition) is 4. The van der Waals surface area contributed by atoms with Crippen LogP contribution in [0, 0.1) is 0 Å². The summed E-state index contributed by atoms with van der Waals surface area (Å²) in [7, 11) is 1.41. The third kappa shape index (κ3) is 5.48. The van der Waals surface area contributed by atoms with Crippen LogP contribution in [0.2, 0.25) is 0 Å². The third-order valence-electron chi connectivity index (χ3n) is 6.14. The Balaban J connectivity index is 1.49. The van der Waals surface area contributed by atoms with Crippen molar-refractivity contribution < 1.29 is 19.0 Å². The lowest BCUT2D eigenvalue weighted by molar-refractivity contribution is -0.0467. The van der Waals surface area contributed by atoms with Crippen LogP contribution in [0.15, 0.2) is 42.5 Å². The summed E-state index contributed by atoms with van der Waals surface area (Å²) in [5, 5.41) is 3.06.